The van der Waals surface area contributed by atoms with Crippen LogP contribution in [0.4, 0.5) is 0 Å². The molecule has 17 heavy (non-hydrogen) atoms. The van der Waals surface area contributed by atoms with E-state index in [4.69, 9.17) is 0 Å². The molecule has 1 unspecified atom stereocenters. The molecule has 0 spiro atoms. The van der Waals surface area contributed by atoms with Crippen LogP contribution in [0.15, 0.2) is 24.3 Å². The molecule has 2 N–H and O–H groups in total. The van der Waals surface area contributed by atoms with Crippen molar-refractivity contribution in [2.45, 2.75) is 25.9 Å². The molecule has 1 amide bonds. The molecule has 4 nitrogen and oxygen atoms in total. The minimum Gasteiger partial charge on any atom is -0.508 e. The van der Waals surface area contributed by atoms with Gasteiger partial charge in [0.15, 0.2) is 0 Å². The number of rotatable bonds is 3. The van der Waals surface area contributed by atoms with Crippen LogP contribution < -0.4 is 5.32 Å². The summed E-state index contributed by atoms with van der Waals surface area (Å²) in [6.45, 7) is 4.34. The predicted molar refractivity (Wildman–Crippen MR) is 65.6 cm³/mol. The van der Waals surface area contributed by atoms with E-state index in [1.807, 2.05) is 12.1 Å². The number of amides is 1. The topological polar surface area (TPSA) is 52.6 Å². The number of hydrogen-bond donors (Lipinski definition) is 2. The van der Waals surface area contributed by atoms with Gasteiger partial charge in [0.05, 0.1) is 0 Å². The average Bonchev–Trinajstić information content (AvgIpc) is 2.68. The van der Waals surface area contributed by atoms with Crippen molar-refractivity contribution < 1.29 is 9.90 Å². The average molecular weight is 234 g/mol. The summed E-state index contributed by atoms with van der Waals surface area (Å²) in [4.78, 5) is 13.3. The summed E-state index contributed by atoms with van der Waals surface area (Å²) in [5, 5.41) is 12.1. The summed E-state index contributed by atoms with van der Waals surface area (Å²) in [5.41, 5.74) is 1.19. The third-order valence-electron chi connectivity index (χ3n) is 3.02. The van der Waals surface area contributed by atoms with E-state index in [-0.39, 0.29) is 11.9 Å². The van der Waals surface area contributed by atoms with Crippen LogP contribution in [0.1, 0.15) is 18.9 Å². The second-order valence-electron chi connectivity index (χ2n) is 4.59. The standard InChI is InChI=1S/C13H18N2O2/c1-10(16)14-12-6-7-15(9-12)8-11-2-4-13(17)5-3-11/h2-5,12,17H,6-9H2,1H3,(H,14,16). The fourth-order valence-corrected chi connectivity index (χ4v) is 2.24. The van der Waals surface area contributed by atoms with Gasteiger partial charge in [0.25, 0.3) is 0 Å². The smallest absolute Gasteiger partial charge is 0.217 e. The Kier molecular flexibility index (Phi) is 3.64. The van der Waals surface area contributed by atoms with E-state index in [1.54, 1.807) is 19.1 Å². The van der Waals surface area contributed by atoms with E-state index in [2.05, 4.69) is 10.2 Å². The van der Waals surface area contributed by atoms with E-state index in [0.29, 0.717) is 5.75 Å². The second-order valence-corrected chi connectivity index (χ2v) is 4.59. The van der Waals surface area contributed by atoms with Crippen molar-refractivity contribution in [2.75, 3.05) is 13.1 Å². The highest BCUT2D eigenvalue weighted by molar-refractivity contribution is 5.73. The Hall–Kier alpha value is -1.55. The number of hydrogen-bond acceptors (Lipinski definition) is 3. The normalized spacial score (nSPS) is 20.4. The summed E-state index contributed by atoms with van der Waals surface area (Å²) >= 11 is 0. The van der Waals surface area contributed by atoms with Crippen molar-refractivity contribution in [1.82, 2.24) is 10.2 Å². The van der Waals surface area contributed by atoms with Crippen LogP contribution >= 0.6 is 0 Å². The molecular formula is C13H18N2O2. The van der Waals surface area contributed by atoms with Crippen molar-refractivity contribution in [1.29, 1.82) is 0 Å². The highest BCUT2D eigenvalue weighted by Gasteiger charge is 2.22. The van der Waals surface area contributed by atoms with Crippen LogP contribution in [0.3, 0.4) is 0 Å². The number of phenols is 1. The van der Waals surface area contributed by atoms with Gasteiger partial charge in [-0.1, -0.05) is 12.1 Å². The largest absolute Gasteiger partial charge is 0.508 e. The number of aromatic hydroxyl groups is 1. The fraction of sp³-hybridized carbons (Fsp3) is 0.462. The van der Waals surface area contributed by atoms with Crippen molar-refractivity contribution in [3.05, 3.63) is 29.8 Å². The van der Waals surface area contributed by atoms with Crippen LogP contribution in [0.5, 0.6) is 5.75 Å². The summed E-state index contributed by atoms with van der Waals surface area (Å²) in [7, 11) is 0. The van der Waals surface area contributed by atoms with Gasteiger partial charge in [-0.25, -0.2) is 0 Å². The van der Waals surface area contributed by atoms with Gasteiger partial charge in [-0.05, 0) is 24.1 Å². The van der Waals surface area contributed by atoms with E-state index in [1.165, 1.54) is 5.56 Å². The molecule has 1 fully saturated rings. The molecule has 1 aliphatic rings. The molecular weight excluding hydrogens is 216 g/mol. The lowest BCUT2D eigenvalue weighted by molar-refractivity contribution is -0.119. The van der Waals surface area contributed by atoms with Gasteiger partial charge in [0.1, 0.15) is 5.75 Å². The number of carbonyl (C=O) groups excluding carboxylic acids is 1. The zero-order valence-corrected chi connectivity index (χ0v) is 10.0. The number of phenolic OH excluding ortho intramolecular Hbond substituents is 1. The Labute approximate surface area is 101 Å². The van der Waals surface area contributed by atoms with Crippen molar-refractivity contribution >= 4 is 5.91 Å². The summed E-state index contributed by atoms with van der Waals surface area (Å²) in [5.74, 6) is 0.341. The van der Waals surface area contributed by atoms with Crippen molar-refractivity contribution in [3.8, 4) is 5.75 Å². The lowest BCUT2D eigenvalue weighted by atomic mass is 10.2. The van der Waals surface area contributed by atoms with Gasteiger partial charge in [-0.15, -0.1) is 0 Å². The Bertz CT molecular complexity index is 389. The van der Waals surface area contributed by atoms with Gasteiger partial charge in [0, 0.05) is 32.6 Å². The van der Waals surface area contributed by atoms with Crippen molar-refractivity contribution in [3.63, 3.8) is 0 Å². The monoisotopic (exact) mass is 234 g/mol. The molecule has 0 bridgehead atoms. The highest BCUT2D eigenvalue weighted by Crippen LogP contribution is 2.15. The van der Waals surface area contributed by atoms with Gasteiger partial charge < -0.3 is 10.4 Å². The van der Waals surface area contributed by atoms with E-state index >= 15 is 0 Å². The first kappa shape index (κ1) is 11.9. The first-order valence-electron chi connectivity index (χ1n) is 5.91. The molecule has 1 atom stereocenters. The number of nitrogens with one attached hydrogen (secondary N) is 1. The van der Waals surface area contributed by atoms with Gasteiger partial charge >= 0.3 is 0 Å². The number of carbonyl (C=O) groups is 1. The van der Waals surface area contributed by atoms with Crippen LogP contribution in [-0.2, 0) is 11.3 Å². The lowest BCUT2D eigenvalue weighted by Crippen LogP contribution is -2.35. The number of benzene rings is 1. The molecule has 2 rings (SSSR count). The maximum atomic E-state index is 10.9. The molecule has 0 saturated carbocycles. The van der Waals surface area contributed by atoms with Crippen LogP contribution in [0, 0.1) is 0 Å². The molecule has 1 aliphatic heterocycles. The zero-order chi connectivity index (χ0) is 12.3. The molecule has 4 heteroatoms. The number of likely N-dealkylation sites (tertiary alicyclic amines) is 1. The van der Waals surface area contributed by atoms with Crippen LogP contribution in [0.2, 0.25) is 0 Å². The molecule has 92 valence electrons. The fourth-order valence-electron chi connectivity index (χ4n) is 2.24. The first-order valence-corrected chi connectivity index (χ1v) is 5.91. The molecule has 0 aliphatic carbocycles. The van der Waals surface area contributed by atoms with Crippen molar-refractivity contribution in [2.24, 2.45) is 0 Å². The molecule has 1 saturated heterocycles. The van der Waals surface area contributed by atoms with Crippen LogP contribution in [0.25, 0.3) is 0 Å². The Morgan fingerprint density at radius 2 is 2.18 bits per heavy atom. The molecule has 0 aromatic heterocycles. The third-order valence-corrected chi connectivity index (χ3v) is 3.02. The maximum absolute atomic E-state index is 10.9. The Morgan fingerprint density at radius 1 is 1.47 bits per heavy atom. The minimum atomic E-state index is 0.0430. The predicted octanol–water partition coefficient (Wildman–Crippen LogP) is 1.10. The molecule has 0 radical (unpaired) electrons. The van der Waals surface area contributed by atoms with Gasteiger partial charge in [0.2, 0.25) is 5.91 Å². The Balaban J connectivity index is 1.85. The molecule has 1 heterocycles. The second kappa shape index (κ2) is 5.19. The quantitative estimate of drug-likeness (QED) is 0.823. The Morgan fingerprint density at radius 3 is 2.82 bits per heavy atom. The summed E-state index contributed by atoms with van der Waals surface area (Å²) in [6, 6.07) is 7.56. The van der Waals surface area contributed by atoms with Gasteiger partial charge in [-0.3, -0.25) is 9.69 Å². The number of nitrogens with zero attached hydrogens (tertiary/aromatic N) is 1. The summed E-state index contributed by atoms with van der Waals surface area (Å²) < 4.78 is 0. The first-order chi connectivity index (χ1) is 8.13. The van der Waals surface area contributed by atoms with E-state index < -0.39 is 0 Å². The SMILES string of the molecule is CC(=O)NC1CCN(Cc2ccc(O)cc2)C1. The third kappa shape index (κ3) is 3.46. The lowest BCUT2D eigenvalue weighted by Gasteiger charge is -2.16. The van der Waals surface area contributed by atoms with Gasteiger partial charge in [-0.2, -0.15) is 0 Å². The van der Waals surface area contributed by atoms with Crippen LogP contribution in [-0.4, -0.2) is 35.0 Å². The molecule has 1 aromatic rings. The zero-order valence-electron chi connectivity index (χ0n) is 10.0. The van der Waals surface area contributed by atoms with E-state index in [9.17, 15) is 9.90 Å². The van der Waals surface area contributed by atoms with E-state index in [0.717, 1.165) is 26.1 Å². The maximum Gasteiger partial charge on any atom is 0.217 e. The minimum absolute atomic E-state index is 0.0430. The summed E-state index contributed by atoms with van der Waals surface area (Å²) in [6.07, 6.45) is 1.01. The highest BCUT2D eigenvalue weighted by atomic mass is 16.3. The molecule has 1 aromatic carbocycles.